The topological polar surface area (TPSA) is 50.2 Å². The molecule has 0 aliphatic carbocycles. The van der Waals surface area contributed by atoms with Gasteiger partial charge < -0.3 is 5.32 Å². The third-order valence-corrected chi connectivity index (χ3v) is 4.43. The second-order valence-electron chi connectivity index (χ2n) is 5.88. The smallest absolute Gasteiger partial charge is 0.0931 e. The maximum atomic E-state index is 4.63. The van der Waals surface area contributed by atoms with Gasteiger partial charge in [0.2, 0.25) is 0 Å². The summed E-state index contributed by atoms with van der Waals surface area (Å²) in [6.07, 6.45) is 5.37. The number of aromatic nitrogens is 2. The van der Waals surface area contributed by atoms with Gasteiger partial charge in [-0.05, 0) is 41.8 Å². The fourth-order valence-corrected chi connectivity index (χ4v) is 3.33. The van der Waals surface area contributed by atoms with Crippen molar-refractivity contribution in [3.05, 3.63) is 73.1 Å². The second-order valence-corrected chi connectivity index (χ2v) is 5.88. The van der Waals surface area contributed by atoms with Crippen LogP contribution in [0.3, 0.4) is 0 Å². The molecule has 0 unspecified atom stereocenters. The van der Waals surface area contributed by atoms with Crippen LogP contribution in [-0.4, -0.2) is 16.3 Å². The Morgan fingerprint density at radius 3 is 2.20 bits per heavy atom. The van der Waals surface area contributed by atoms with Crippen LogP contribution in [-0.2, 0) is 0 Å². The Kier molecular flexibility index (Phi) is 3.07. The van der Waals surface area contributed by atoms with E-state index in [2.05, 4.69) is 44.5 Å². The van der Waals surface area contributed by atoms with E-state index in [1.165, 1.54) is 0 Å². The first-order valence-corrected chi connectivity index (χ1v) is 8.13. The summed E-state index contributed by atoms with van der Waals surface area (Å²) in [5, 5.41) is 5.49. The second kappa shape index (κ2) is 5.53. The molecule has 1 aliphatic rings. The maximum absolute atomic E-state index is 4.63. The summed E-state index contributed by atoms with van der Waals surface area (Å²) < 4.78 is 0. The molecule has 0 saturated carbocycles. The van der Waals surface area contributed by atoms with Crippen LogP contribution in [0.15, 0.2) is 78.0 Å². The molecule has 0 bridgehead atoms. The minimum absolute atomic E-state index is 0.908. The van der Waals surface area contributed by atoms with Crippen molar-refractivity contribution in [2.24, 2.45) is 4.99 Å². The van der Waals surface area contributed by atoms with Gasteiger partial charge in [0.15, 0.2) is 0 Å². The van der Waals surface area contributed by atoms with Crippen molar-refractivity contribution in [1.82, 2.24) is 9.97 Å². The molecular formula is C21H14N4. The molecule has 4 nitrogen and oxygen atoms in total. The lowest BCUT2D eigenvalue weighted by Gasteiger charge is -2.19. The first-order chi connectivity index (χ1) is 12.4. The molecule has 0 saturated heterocycles. The Hall–Kier alpha value is -3.53. The molecule has 2 aromatic heterocycles. The lowest BCUT2D eigenvalue weighted by molar-refractivity contribution is 1.31. The van der Waals surface area contributed by atoms with Crippen molar-refractivity contribution in [1.29, 1.82) is 0 Å². The lowest BCUT2D eigenvalue weighted by Crippen LogP contribution is -2.02. The standard InChI is InChI=1S/C21H14N4/c1-3-10-22-17(7-1)15-12-16(18-8-2-4-11-23-18)21-20-14(15)6-5-9-19(20)24-13-25-21/h1-13H,(H,24,25). The zero-order valence-corrected chi connectivity index (χ0v) is 13.3. The highest BCUT2D eigenvalue weighted by Gasteiger charge is 2.19. The first-order valence-electron chi connectivity index (χ1n) is 8.13. The Morgan fingerprint density at radius 1 is 0.720 bits per heavy atom. The van der Waals surface area contributed by atoms with E-state index in [1.807, 2.05) is 48.8 Å². The normalized spacial score (nSPS) is 12.2. The largest absolute Gasteiger partial charge is 0.346 e. The fourth-order valence-electron chi connectivity index (χ4n) is 3.33. The number of hydrogen-bond donors (Lipinski definition) is 1. The summed E-state index contributed by atoms with van der Waals surface area (Å²) in [4.78, 5) is 13.7. The van der Waals surface area contributed by atoms with E-state index < -0.39 is 0 Å². The van der Waals surface area contributed by atoms with Crippen LogP contribution in [0.2, 0.25) is 0 Å². The van der Waals surface area contributed by atoms with E-state index in [1.54, 1.807) is 6.34 Å². The summed E-state index contributed by atoms with van der Waals surface area (Å²) in [6, 6.07) is 20.3. The van der Waals surface area contributed by atoms with Crippen LogP contribution < -0.4 is 5.32 Å². The predicted octanol–water partition coefficient (Wildman–Crippen LogP) is 5.05. The Morgan fingerprint density at radius 2 is 1.48 bits per heavy atom. The van der Waals surface area contributed by atoms with E-state index in [0.717, 1.165) is 44.7 Å². The molecule has 118 valence electrons. The number of hydrogen-bond acceptors (Lipinski definition) is 4. The highest BCUT2D eigenvalue weighted by atomic mass is 15.0. The van der Waals surface area contributed by atoms with Crippen molar-refractivity contribution >= 4 is 28.5 Å². The van der Waals surface area contributed by atoms with Crippen LogP contribution in [0, 0.1) is 0 Å². The average Bonchev–Trinajstić information content (AvgIpc) is 2.70. The number of anilines is 1. The van der Waals surface area contributed by atoms with Crippen LogP contribution >= 0.6 is 0 Å². The van der Waals surface area contributed by atoms with Crippen molar-refractivity contribution in [3.8, 4) is 22.5 Å². The molecule has 0 radical (unpaired) electrons. The Labute approximate surface area is 144 Å². The highest BCUT2D eigenvalue weighted by molar-refractivity contribution is 6.16. The van der Waals surface area contributed by atoms with Gasteiger partial charge in [-0.2, -0.15) is 0 Å². The van der Waals surface area contributed by atoms with Crippen LogP contribution in [0.1, 0.15) is 0 Å². The predicted molar refractivity (Wildman–Crippen MR) is 102 cm³/mol. The first kappa shape index (κ1) is 13.9. The van der Waals surface area contributed by atoms with E-state index in [9.17, 15) is 0 Å². The Balaban J connectivity index is 1.93. The van der Waals surface area contributed by atoms with Crippen LogP contribution in [0.5, 0.6) is 0 Å². The number of rotatable bonds is 2. The Bertz CT molecular complexity index is 1100. The number of aliphatic imine (C=N–C) groups is 1. The maximum Gasteiger partial charge on any atom is 0.0931 e. The van der Waals surface area contributed by atoms with Crippen LogP contribution in [0.4, 0.5) is 11.4 Å². The minimum Gasteiger partial charge on any atom is -0.346 e. The number of pyridine rings is 2. The number of nitrogens with zero attached hydrogens (tertiary/aromatic N) is 3. The quantitative estimate of drug-likeness (QED) is 0.562. The molecule has 4 heteroatoms. The molecule has 3 heterocycles. The molecule has 0 spiro atoms. The van der Waals surface area contributed by atoms with Gasteiger partial charge >= 0.3 is 0 Å². The molecule has 0 amide bonds. The van der Waals surface area contributed by atoms with Gasteiger partial charge in [-0.3, -0.25) is 9.97 Å². The van der Waals surface area contributed by atoms with Gasteiger partial charge in [0.1, 0.15) is 0 Å². The zero-order valence-electron chi connectivity index (χ0n) is 13.3. The summed E-state index contributed by atoms with van der Waals surface area (Å²) >= 11 is 0. The number of benzene rings is 2. The summed E-state index contributed by atoms with van der Waals surface area (Å²) in [5.74, 6) is 0. The molecular weight excluding hydrogens is 308 g/mol. The SMILES string of the molecule is C1=Nc2c(-c3ccccn3)cc(-c3ccccn3)c3cccc(c23)N1. The van der Waals surface area contributed by atoms with Gasteiger partial charge in [0.25, 0.3) is 0 Å². The molecule has 0 atom stereocenters. The van der Waals surface area contributed by atoms with Gasteiger partial charge in [-0.25, -0.2) is 4.99 Å². The van der Waals surface area contributed by atoms with E-state index in [0.29, 0.717) is 0 Å². The molecule has 1 N–H and O–H groups in total. The summed E-state index contributed by atoms with van der Waals surface area (Å²) in [7, 11) is 0. The van der Waals surface area contributed by atoms with E-state index >= 15 is 0 Å². The monoisotopic (exact) mass is 322 g/mol. The zero-order chi connectivity index (χ0) is 16.6. The molecule has 5 rings (SSSR count). The third-order valence-electron chi connectivity index (χ3n) is 4.43. The molecule has 25 heavy (non-hydrogen) atoms. The number of nitrogens with one attached hydrogen (secondary N) is 1. The van der Waals surface area contributed by atoms with Crippen LogP contribution in [0.25, 0.3) is 33.3 Å². The van der Waals surface area contributed by atoms with E-state index in [4.69, 9.17) is 0 Å². The summed E-state index contributed by atoms with van der Waals surface area (Å²) in [6.45, 7) is 0. The van der Waals surface area contributed by atoms with Gasteiger partial charge in [-0.1, -0.05) is 24.3 Å². The fraction of sp³-hybridized carbons (Fsp3) is 0. The molecule has 0 fully saturated rings. The molecule has 2 aromatic carbocycles. The third kappa shape index (κ3) is 2.19. The summed E-state index contributed by atoms with van der Waals surface area (Å²) in [5.41, 5.74) is 5.95. The van der Waals surface area contributed by atoms with Crippen molar-refractivity contribution in [2.75, 3.05) is 5.32 Å². The lowest BCUT2D eigenvalue weighted by atomic mass is 9.93. The van der Waals surface area contributed by atoms with Crippen molar-refractivity contribution in [3.63, 3.8) is 0 Å². The van der Waals surface area contributed by atoms with Gasteiger partial charge in [0.05, 0.1) is 23.4 Å². The average molecular weight is 322 g/mol. The highest BCUT2D eigenvalue weighted by Crippen LogP contribution is 2.45. The van der Waals surface area contributed by atoms with Gasteiger partial charge in [-0.15, -0.1) is 0 Å². The van der Waals surface area contributed by atoms with Crippen molar-refractivity contribution in [2.45, 2.75) is 0 Å². The molecule has 1 aliphatic heterocycles. The molecule has 4 aromatic rings. The minimum atomic E-state index is 0.908. The van der Waals surface area contributed by atoms with Crippen molar-refractivity contribution < 1.29 is 0 Å². The van der Waals surface area contributed by atoms with Gasteiger partial charge in [0, 0.05) is 34.6 Å². The van der Waals surface area contributed by atoms with E-state index in [-0.39, 0.29) is 0 Å².